The number of rotatable bonds is 2. The molecule has 0 N–H and O–H groups in total. The molecule has 1 aliphatic rings. The van der Waals surface area contributed by atoms with Crippen molar-refractivity contribution in [2.24, 2.45) is 0 Å². The van der Waals surface area contributed by atoms with E-state index in [1.165, 1.54) is 0 Å². The number of amides is 1. The Hall–Kier alpha value is -2.70. The molecule has 7 heteroatoms. The van der Waals surface area contributed by atoms with Crippen molar-refractivity contribution in [3.8, 4) is 11.3 Å². The first-order chi connectivity index (χ1) is 11.9. The first-order valence-corrected chi connectivity index (χ1v) is 8.39. The van der Waals surface area contributed by atoms with E-state index < -0.39 is 5.60 Å². The monoisotopic (exact) mass is 341 g/mol. The van der Waals surface area contributed by atoms with Gasteiger partial charge in [-0.05, 0) is 39.0 Å². The zero-order chi connectivity index (χ0) is 17.9. The van der Waals surface area contributed by atoms with Crippen LogP contribution in [0.3, 0.4) is 0 Å². The molecule has 1 saturated heterocycles. The number of carbonyl (C=O) groups excluding carboxylic acids is 1. The standard InChI is InChI=1S/C18H23N5O2/c1-18(2,3)25-17(24)23-11-9-22(10-12-23)16-20-8-6-15(21-16)14-5-4-7-19-13-14/h4-8,13H,9-12H2,1-3H3. The SMILES string of the molecule is CC(C)(C)OC(=O)N1CCN(c2nccc(-c3cccnc3)n2)CC1. The molecule has 1 amide bonds. The van der Waals surface area contributed by atoms with E-state index in [4.69, 9.17) is 4.74 Å². The summed E-state index contributed by atoms with van der Waals surface area (Å²) < 4.78 is 5.43. The van der Waals surface area contributed by atoms with Crippen LogP contribution in [-0.2, 0) is 4.74 Å². The number of hydrogen-bond donors (Lipinski definition) is 0. The maximum atomic E-state index is 12.1. The van der Waals surface area contributed by atoms with Crippen molar-refractivity contribution in [3.05, 3.63) is 36.8 Å². The van der Waals surface area contributed by atoms with Crippen LogP contribution in [0, 0.1) is 0 Å². The molecule has 3 rings (SSSR count). The van der Waals surface area contributed by atoms with Gasteiger partial charge in [-0.3, -0.25) is 4.98 Å². The van der Waals surface area contributed by atoms with Gasteiger partial charge in [-0.1, -0.05) is 0 Å². The molecule has 7 nitrogen and oxygen atoms in total. The first kappa shape index (κ1) is 17.1. The van der Waals surface area contributed by atoms with Crippen molar-refractivity contribution in [1.29, 1.82) is 0 Å². The summed E-state index contributed by atoms with van der Waals surface area (Å²) >= 11 is 0. The average Bonchev–Trinajstić information content (AvgIpc) is 2.61. The summed E-state index contributed by atoms with van der Waals surface area (Å²) in [6.07, 6.45) is 5.01. The van der Waals surface area contributed by atoms with Crippen molar-refractivity contribution < 1.29 is 9.53 Å². The number of piperazine rings is 1. The molecule has 25 heavy (non-hydrogen) atoms. The van der Waals surface area contributed by atoms with Gasteiger partial charge in [0.25, 0.3) is 0 Å². The minimum Gasteiger partial charge on any atom is -0.444 e. The molecule has 2 aromatic rings. The van der Waals surface area contributed by atoms with Gasteiger partial charge in [0.1, 0.15) is 5.60 Å². The first-order valence-electron chi connectivity index (χ1n) is 8.39. The second-order valence-corrected chi connectivity index (χ2v) is 6.94. The molecule has 132 valence electrons. The fourth-order valence-corrected chi connectivity index (χ4v) is 2.59. The Balaban J connectivity index is 1.65. The van der Waals surface area contributed by atoms with Crippen LogP contribution in [0.4, 0.5) is 10.7 Å². The van der Waals surface area contributed by atoms with Gasteiger partial charge in [0.2, 0.25) is 5.95 Å². The summed E-state index contributed by atoms with van der Waals surface area (Å²) in [5.41, 5.74) is 1.32. The maximum Gasteiger partial charge on any atom is 0.410 e. The van der Waals surface area contributed by atoms with Crippen LogP contribution >= 0.6 is 0 Å². The van der Waals surface area contributed by atoms with Crippen LogP contribution in [0.1, 0.15) is 20.8 Å². The summed E-state index contributed by atoms with van der Waals surface area (Å²) in [5.74, 6) is 0.671. The van der Waals surface area contributed by atoms with Gasteiger partial charge in [0, 0.05) is 50.3 Å². The predicted octanol–water partition coefficient (Wildman–Crippen LogP) is 2.60. The van der Waals surface area contributed by atoms with E-state index in [-0.39, 0.29) is 6.09 Å². The number of ether oxygens (including phenoxy) is 1. The van der Waals surface area contributed by atoms with E-state index in [9.17, 15) is 4.79 Å². The van der Waals surface area contributed by atoms with Crippen LogP contribution in [0.5, 0.6) is 0 Å². The van der Waals surface area contributed by atoms with Crippen molar-refractivity contribution >= 4 is 12.0 Å². The molecular weight excluding hydrogens is 318 g/mol. The number of pyridine rings is 1. The molecule has 0 aromatic carbocycles. The minimum atomic E-state index is -0.477. The lowest BCUT2D eigenvalue weighted by atomic mass is 10.2. The highest BCUT2D eigenvalue weighted by molar-refractivity contribution is 5.68. The molecule has 2 aromatic heterocycles. The Morgan fingerprint density at radius 1 is 1.12 bits per heavy atom. The molecule has 3 heterocycles. The van der Waals surface area contributed by atoms with Gasteiger partial charge >= 0.3 is 6.09 Å². The minimum absolute atomic E-state index is 0.267. The molecule has 1 fully saturated rings. The molecule has 0 aliphatic carbocycles. The Bertz CT molecular complexity index is 722. The normalized spacial score (nSPS) is 15.2. The Kier molecular flexibility index (Phi) is 4.83. The van der Waals surface area contributed by atoms with E-state index >= 15 is 0 Å². The number of hydrogen-bond acceptors (Lipinski definition) is 6. The Labute approximate surface area is 147 Å². The number of nitrogens with zero attached hydrogens (tertiary/aromatic N) is 5. The zero-order valence-corrected chi connectivity index (χ0v) is 14.8. The van der Waals surface area contributed by atoms with Crippen molar-refractivity contribution in [3.63, 3.8) is 0 Å². The second-order valence-electron chi connectivity index (χ2n) is 6.94. The Morgan fingerprint density at radius 2 is 1.88 bits per heavy atom. The molecule has 0 atom stereocenters. The summed E-state index contributed by atoms with van der Waals surface area (Å²) in [7, 11) is 0. The van der Waals surface area contributed by atoms with Crippen LogP contribution in [0.15, 0.2) is 36.8 Å². The maximum absolute atomic E-state index is 12.1. The molecule has 1 aliphatic heterocycles. The molecule has 0 bridgehead atoms. The third kappa shape index (κ3) is 4.43. The second kappa shape index (κ2) is 7.04. The van der Waals surface area contributed by atoms with Crippen LogP contribution in [0.2, 0.25) is 0 Å². The highest BCUT2D eigenvalue weighted by Crippen LogP contribution is 2.19. The van der Waals surface area contributed by atoms with Gasteiger partial charge < -0.3 is 14.5 Å². The Morgan fingerprint density at radius 3 is 2.52 bits per heavy atom. The fraction of sp³-hybridized carbons (Fsp3) is 0.444. The molecule has 0 saturated carbocycles. The topological polar surface area (TPSA) is 71.5 Å². The predicted molar refractivity (Wildman–Crippen MR) is 95.3 cm³/mol. The van der Waals surface area contributed by atoms with E-state index in [0.717, 1.165) is 11.3 Å². The third-order valence-corrected chi connectivity index (χ3v) is 3.81. The average molecular weight is 341 g/mol. The fourth-order valence-electron chi connectivity index (χ4n) is 2.59. The molecular formula is C18H23N5O2. The molecule has 0 radical (unpaired) electrons. The van der Waals surface area contributed by atoms with Gasteiger partial charge in [-0.25, -0.2) is 14.8 Å². The summed E-state index contributed by atoms with van der Waals surface area (Å²) in [6, 6.07) is 5.73. The van der Waals surface area contributed by atoms with Crippen LogP contribution < -0.4 is 4.90 Å². The summed E-state index contributed by atoms with van der Waals surface area (Å²) in [5, 5.41) is 0. The highest BCUT2D eigenvalue weighted by atomic mass is 16.6. The van der Waals surface area contributed by atoms with Crippen LogP contribution in [-0.4, -0.2) is 57.7 Å². The van der Waals surface area contributed by atoms with Crippen molar-refractivity contribution in [2.45, 2.75) is 26.4 Å². The lowest BCUT2D eigenvalue weighted by Gasteiger charge is -2.35. The van der Waals surface area contributed by atoms with E-state index in [1.54, 1.807) is 23.5 Å². The van der Waals surface area contributed by atoms with Gasteiger partial charge in [-0.2, -0.15) is 0 Å². The quantitative estimate of drug-likeness (QED) is 0.836. The van der Waals surface area contributed by atoms with Gasteiger partial charge in [-0.15, -0.1) is 0 Å². The molecule has 0 spiro atoms. The van der Waals surface area contributed by atoms with E-state index in [0.29, 0.717) is 32.1 Å². The number of anilines is 1. The van der Waals surface area contributed by atoms with Crippen molar-refractivity contribution in [2.75, 3.05) is 31.1 Å². The summed E-state index contributed by atoms with van der Waals surface area (Å²) in [6.45, 7) is 8.16. The smallest absolute Gasteiger partial charge is 0.410 e. The highest BCUT2D eigenvalue weighted by Gasteiger charge is 2.26. The summed E-state index contributed by atoms with van der Waals surface area (Å²) in [4.78, 5) is 29.1. The van der Waals surface area contributed by atoms with Crippen molar-refractivity contribution in [1.82, 2.24) is 19.9 Å². The zero-order valence-electron chi connectivity index (χ0n) is 14.8. The lowest BCUT2D eigenvalue weighted by Crippen LogP contribution is -2.50. The van der Waals surface area contributed by atoms with Gasteiger partial charge in [0.15, 0.2) is 0 Å². The van der Waals surface area contributed by atoms with Gasteiger partial charge in [0.05, 0.1) is 5.69 Å². The largest absolute Gasteiger partial charge is 0.444 e. The number of carbonyl (C=O) groups is 1. The number of aromatic nitrogens is 3. The van der Waals surface area contributed by atoms with E-state index in [2.05, 4.69) is 19.9 Å². The van der Waals surface area contributed by atoms with Crippen LogP contribution in [0.25, 0.3) is 11.3 Å². The van der Waals surface area contributed by atoms with E-state index in [1.807, 2.05) is 39.0 Å². The third-order valence-electron chi connectivity index (χ3n) is 3.81. The lowest BCUT2D eigenvalue weighted by molar-refractivity contribution is 0.0240. The molecule has 0 unspecified atom stereocenters.